The van der Waals surface area contributed by atoms with Crippen molar-refractivity contribution in [2.75, 3.05) is 0 Å². The molecular formula is C30H52O4. The van der Waals surface area contributed by atoms with E-state index in [0.717, 1.165) is 25.7 Å². The van der Waals surface area contributed by atoms with Crippen LogP contribution in [0.2, 0.25) is 0 Å². The summed E-state index contributed by atoms with van der Waals surface area (Å²) >= 11 is 0. The lowest BCUT2D eigenvalue weighted by Gasteiger charge is -2.63. The van der Waals surface area contributed by atoms with Gasteiger partial charge in [-0.3, -0.25) is 0 Å². The van der Waals surface area contributed by atoms with E-state index >= 15 is 0 Å². The van der Waals surface area contributed by atoms with Gasteiger partial charge >= 0.3 is 0 Å². The molecule has 4 rings (SSSR count). The molecule has 0 spiro atoms. The summed E-state index contributed by atoms with van der Waals surface area (Å²) in [7, 11) is 0. The van der Waals surface area contributed by atoms with E-state index in [-0.39, 0.29) is 21.7 Å². The van der Waals surface area contributed by atoms with Crippen molar-refractivity contribution in [3.8, 4) is 0 Å². The van der Waals surface area contributed by atoms with Crippen LogP contribution in [0.1, 0.15) is 113 Å². The van der Waals surface area contributed by atoms with E-state index in [1.54, 1.807) is 25.0 Å². The van der Waals surface area contributed by atoms with Gasteiger partial charge in [-0.15, -0.1) is 0 Å². The van der Waals surface area contributed by atoms with E-state index in [0.29, 0.717) is 30.6 Å². The SMILES string of the molecule is C[C@H](CC[C@@H](O)C(C)(C)O)[C@H]1CC[C@@]2(C)C3=C(CC[C@]12C)[C@@]1(C)C[C@@H](O)[C@H](O)C(C)(C)[C@@H]1CC3. The standard InChI is InChI=1S/C30H52O4/c1-18(9-12-24(32)27(4,5)34)19-13-15-30(8)21-10-11-23-26(2,3)25(33)22(31)17-28(23,6)20(21)14-16-29(19,30)7/h18-19,22-25,31-34H,9-17H2,1-8H3/t18-,19-,22-,23+,24-,25+,28-,29-,30+/m1/s1. The molecular weight excluding hydrogens is 424 g/mol. The maximum Gasteiger partial charge on any atom is 0.0853 e. The number of allylic oxidation sites excluding steroid dienone is 2. The molecule has 2 fully saturated rings. The summed E-state index contributed by atoms with van der Waals surface area (Å²) in [6, 6.07) is 0. The van der Waals surface area contributed by atoms with Crippen LogP contribution in [0, 0.1) is 39.4 Å². The number of aliphatic hydroxyl groups excluding tert-OH is 3. The summed E-state index contributed by atoms with van der Waals surface area (Å²) in [5.74, 6) is 1.55. The zero-order valence-corrected chi connectivity index (χ0v) is 23.1. The summed E-state index contributed by atoms with van der Waals surface area (Å²) in [6.45, 7) is 17.6. The molecule has 9 atom stereocenters. The minimum atomic E-state index is -1.04. The van der Waals surface area contributed by atoms with E-state index < -0.39 is 23.9 Å². The molecule has 0 bridgehead atoms. The van der Waals surface area contributed by atoms with Gasteiger partial charge in [0.2, 0.25) is 0 Å². The lowest BCUT2D eigenvalue weighted by Crippen LogP contribution is -2.59. The van der Waals surface area contributed by atoms with Crippen LogP contribution in [-0.4, -0.2) is 44.3 Å². The molecule has 0 heterocycles. The molecule has 2 saturated carbocycles. The highest BCUT2D eigenvalue weighted by atomic mass is 16.3. The van der Waals surface area contributed by atoms with E-state index in [1.165, 1.54) is 19.3 Å². The average Bonchev–Trinajstić information content (AvgIpc) is 3.01. The van der Waals surface area contributed by atoms with Gasteiger partial charge in [0, 0.05) is 0 Å². The molecule has 4 nitrogen and oxygen atoms in total. The Morgan fingerprint density at radius 2 is 1.59 bits per heavy atom. The fraction of sp³-hybridized carbons (Fsp3) is 0.933. The minimum absolute atomic E-state index is 0.0272. The lowest BCUT2D eigenvalue weighted by atomic mass is 9.43. The molecule has 4 heteroatoms. The molecule has 0 saturated heterocycles. The van der Waals surface area contributed by atoms with Crippen LogP contribution >= 0.6 is 0 Å². The molecule has 34 heavy (non-hydrogen) atoms. The van der Waals surface area contributed by atoms with Gasteiger partial charge in [-0.1, -0.05) is 52.7 Å². The van der Waals surface area contributed by atoms with Crippen molar-refractivity contribution in [1.29, 1.82) is 0 Å². The number of hydrogen-bond donors (Lipinski definition) is 4. The first-order valence-electron chi connectivity index (χ1n) is 14.0. The molecule has 4 aliphatic carbocycles. The number of rotatable bonds is 5. The Morgan fingerprint density at radius 3 is 2.21 bits per heavy atom. The molecule has 0 aliphatic heterocycles. The zero-order chi connectivity index (χ0) is 25.5. The molecule has 0 aromatic heterocycles. The van der Waals surface area contributed by atoms with Gasteiger partial charge in [0.15, 0.2) is 0 Å². The first-order chi connectivity index (χ1) is 15.5. The van der Waals surface area contributed by atoms with Gasteiger partial charge in [0.1, 0.15) is 0 Å². The smallest absolute Gasteiger partial charge is 0.0853 e. The van der Waals surface area contributed by atoms with Crippen molar-refractivity contribution in [1.82, 2.24) is 0 Å². The highest BCUT2D eigenvalue weighted by Gasteiger charge is 2.64. The molecule has 0 unspecified atom stereocenters. The fourth-order valence-corrected chi connectivity index (χ4v) is 9.75. The third-order valence-corrected chi connectivity index (χ3v) is 12.2. The van der Waals surface area contributed by atoms with E-state index in [4.69, 9.17) is 0 Å². The first-order valence-corrected chi connectivity index (χ1v) is 14.0. The molecule has 4 aliphatic rings. The van der Waals surface area contributed by atoms with Crippen LogP contribution in [-0.2, 0) is 0 Å². The number of aliphatic hydroxyl groups is 4. The van der Waals surface area contributed by atoms with E-state index in [1.807, 2.05) is 0 Å². The Kier molecular flexibility index (Phi) is 6.50. The summed E-state index contributed by atoms with van der Waals surface area (Å²) in [4.78, 5) is 0. The monoisotopic (exact) mass is 476 g/mol. The molecule has 4 N–H and O–H groups in total. The van der Waals surface area contributed by atoms with Crippen LogP contribution in [0.4, 0.5) is 0 Å². The fourth-order valence-electron chi connectivity index (χ4n) is 9.75. The Hall–Kier alpha value is -0.420. The van der Waals surface area contributed by atoms with Gasteiger partial charge in [-0.2, -0.15) is 0 Å². The number of hydrogen-bond acceptors (Lipinski definition) is 4. The van der Waals surface area contributed by atoms with Crippen molar-refractivity contribution in [2.45, 2.75) is 137 Å². The van der Waals surface area contributed by atoms with Gasteiger partial charge < -0.3 is 20.4 Å². The van der Waals surface area contributed by atoms with Crippen molar-refractivity contribution in [3.63, 3.8) is 0 Å². The first kappa shape index (κ1) is 26.6. The second-order valence-electron chi connectivity index (χ2n) is 14.6. The van der Waals surface area contributed by atoms with Crippen LogP contribution in [0.15, 0.2) is 11.1 Å². The van der Waals surface area contributed by atoms with Crippen molar-refractivity contribution in [2.24, 2.45) is 39.4 Å². The molecule has 196 valence electrons. The van der Waals surface area contributed by atoms with Crippen LogP contribution in [0.25, 0.3) is 0 Å². The predicted octanol–water partition coefficient (Wildman–Crippen LogP) is 5.62. The van der Waals surface area contributed by atoms with Gasteiger partial charge in [-0.05, 0) is 111 Å². The van der Waals surface area contributed by atoms with Crippen molar-refractivity contribution < 1.29 is 20.4 Å². The summed E-state index contributed by atoms with van der Waals surface area (Å²) in [5.41, 5.74) is 2.39. The lowest BCUT2D eigenvalue weighted by molar-refractivity contribution is -0.158. The topological polar surface area (TPSA) is 80.9 Å². The quantitative estimate of drug-likeness (QED) is 0.389. The zero-order valence-electron chi connectivity index (χ0n) is 23.1. The maximum absolute atomic E-state index is 10.9. The van der Waals surface area contributed by atoms with Crippen molar-refractivity contribution in [3.05, 3.63) is 11.1 Å². The molecule has 0 aromatic carbocycles. The summed E-state index contributed by atoms with van der Waals surface area (Å²) in [5, 5.41) is 42.3. The number of fused-ring (bicyclic) bond motifs is 4. The van der Waals surface area contributed by atoms with Crippen LogP contribution in [0.5, 0.6) is 0 Å². The maximum atomic E-state index is 10.9. The average molecular weight is 477 g/mol. The van der Waals surface area contributed by atoms with Gasteiger partial charge in [-0.25, -0.2) is 0 Å². The molecule has 0 radical (unpaired) electrons. The highest BCUT2D eigenvalue weighted by molar-refractivity contribution is 5.39. The van der Waals surface area contributed by atoms with Crippen LogP contribution < -0.4 is 0 Å². The summed E-state index contributed by atoms with van der Waals surface area (Å²) in [6.07, 6.45) is 7.30. The molecule has 0 amide bonds. The Morgan fingerprint density at radius 1 is 0.941 bits per heavy atom. The molecule has 0 aromatic rings. The van der Waals surface area contributed by atoms with E-state index in [2.05, 4.69) is 41.5 Å². The van der Waals surface area contributed by atoms with Crippen molar-refractivity contribution >= 4 is 0 Å². The Balaban J connectivity index is 1.62. The van der Waals surface area contributed by atoms with Gasteiger partial charge in [0.25, 0.3) is 0 Å². The Labute approximate surface area is 208 Å². The van der Waals surface area contributed by atoms with Gasteiger partial charge in [0.05, 0.1) is 23.9 Å². The predicted molar refractivity (Wildman–Crippen MR) is 137 cm³/mol. The normalized spacial score (nSPS) is 45.9. The van der Waals surface area contributed by atoms with E-state index in [9.17, 15) is 20.4 Å². The minimum Gasteiger partial charge on any atom is -0.390 e. The second kappa shape index (κ2) is 8.30. The third-order valence-electron chi connectivity index (χ3n) is 12.2. The summed E-state index contributed by atoms with van der Waals surface area (Å²) < 4.78 is 0. The third kappa shape index (κ3) is 3.68. The highest BCUT2D eigenvalue weighted by Crippen LogP contribution is 2.72. The largest absolute Gasteiger partial charge is 0.390 e. The van der Waals surface area contributed by atoms with Crippen LogP contribution in [0.3, 0.4) is 0 Å². The second-order valence-corrected chi connectivity index (χ2v) is 14.6. The Bertz CT molecular complexity index is 824.